The van der Waals surface area contributed by atoms with Crippen molar-refractivity contribution in [2.24, 2.45) is 5.73 Å². The van der Waals surface area contributed by atoms with Gasteiger partial charge in [0.1, 0.15) is 6.23 Å². The summed E-state index contributed by atoms with van der Waals surface area (Å²) in [5.74, 6) is 0.256. The number of aromatic nitrogens is 1. The Kier molecular flexibility index (Phi) is 3.06. The summed E-state index contributed by atoms with van der Waals surface area (Å²) in [6.45, 7) is 0. The van der Waals surface area contributed by atoms with Crippen LogP contribution in [-0.2, 0) is 11.2 Å². The van der Waals surface area contributed by atoms with E-state index >= 15 is 0 Å². The summed E-state index contributed by atoms with van der Waals surface area (Å²) in [5, 5.41) is 1.95. The van der Waals surface area contributed by atoms with Crippen molar-refractivity contribution in [3.63, 3.8) is 0 Å². The molecule has 0 saturated heterocycles. The van der Waals surface area contributed by atoms with Gasteiger partial charge in [-0.1, -0.05) is 11.6 Å². The molecule has 2 aromatic rings. The predicted octanol–water partition coefficient (Wildman–Crippen LogP) is 3.17. The highest BCUT2D eigenvalue weighted by Gasteiger charge is 2.29. The van der Waals surface area contributed by atoms with E-state index in [1.54, 1.807) is 7.11 Å². The summed E-state index contributed by atoms with van der Waals surface area (Å²) in [6, 6.07) is 5.97. The fourth-order valence-corrected chi connectivity index (χ4v) is 3.17. The fraction of sp³-hybridized carbons (Fsp3) is 0.429. The van der Waals surface area contributed by atoms with E-state index in [-0.39, 0.29) is 12.1 Å². The molecule has 96 valence electrons. The fourth-order valence-electron chi connectivity index (χ4n) is 3.00. The number of aryl methyl sites for hydroxylation is 1. The highest BCUT2D eigenvalue weighted by Crippen LogP contribution is 2.39. The Morgan fingerprint density at radius 3 is 3.11 bits per heavy atom. The van der Waals surface area contributed by atoms with Crippen molar-refractivity contribution in [2.45, 2.75) is 31.4 Å². The smallest absolute Gasteiger partial charge is 0.112 e. The SMILES string of the molecule is COC(N)C1CCCc2[nH]c3ccc(Cl)cc3c21. The standard InChI is InChI=1S/C14H17ClN2O/c1-18-14(16)9-3-2-4-12-13(9)10-7-8(15)5-6-11(10)17-12/h5-7,9,14,17H,2-4,16H2,1H3. The first-order valence-electron chi connectivity index (χ1n) is 6.29. The zero-order valence-electron chi connectivity index (χ0n) is 10.4. The highest BCUT2D eigenvalue weighted by molar-refractivity contribution is 6.31. The van der Waals surface area contributed by atoms with Crippen LogP contribution in [0.1, 0.15) is 30.0 Å². The first-order chi connectivity index (χ1) is 8.70. The van der Waals surface area contributed by atoms with E-state index in [0.717, 1.165) is 29.8 Å². The molecule has 2 unspecified atom stereocenters. The number of halogens is 1. The van der Waals surface area contributed by atoms with E-state index in [4.69, 9.17) is 22.1 Å². The molecule has 0 aliphatic heterocycles. The van der Waals surface area contributed by atoms with E-state index in [0.29, 0.717) is 0 Å². The van der Waals surface area contributed by atoms with Crippen molar-refractivity contribution in [1.29, 1.82) is 0 Å². The lowest BCUT2D eigenvalue weighted by Gasteiger charge is -2.27. The van der Waals surface area contributed by atoms with Crippen LogP contribution in [0.5, 0.6) is 0 Å². The molecule has 2 atom stereocenters. The zero-order chi connectivity index (χ0) is 12.7. The highest BCUT2D eigenvalue weighted by atomic mass is 35.5. The molecular formula is C14H17ClN2O. The molecule has 18 heavy (non-hydrogen) atoms. The number of nitrogens with one attached hydrogen (secondary N) is 1. The average Bonchev–Trinajstić information content (AvgIpc) is 2.75. The number of fused-ring (bicyclic) bond motifs is 3. The average molecular weight is 265 g/mol. The van der Waals surface area contributed by atoms with E-state index in [1.165, 1.54) is 16.6 Å². The number of methoxy groups -OCH3 is 1. The molecule has 3 N–H and O–H groups in total. The summed E-state index contributed by atoms with van der Waals surface area (Å²) in [5.41, 5.74) is 9.81. The van der Waals surface area contributed by atoms with Crippen LogP contribution in [0, 0.1) is 0 Å². The summed E-state index contributed by atoms with van der Waals surface area (Å²) in [7, 11) is 1.67. The summed E-state index contributed by atoms with van der Waals surface area (Å²) in [6.07, 6.45) is 3.05. The number of nitrogens with two attached hydrogens (primary N) is 1. The van der Waals surface area contributed by atoms with Gasteiger partial charge in [-0.2, -0.15) is 0 Å². The minimum atomic E-state index is -0.248. The Balaban J connectivity index is 2.19. The van der Waals surface area contributed by atoms with Gasteiger partial charge in [-0.25, -0.2) is 0 Å². The topological polar surface area (TPSA) is 51.0 Å². The van der Waals surface area contributed by atoms with Gasteiger partial charge in [0, 0.05) is 34.6 Å². The quantitative estimate of drug-likeness (QED) is 0.819. The third-order valence-corrected chi connectivity index (χ3v) is 4.10. The number of hydrogen-bond acceptors (Lipinski definition) is 2. The lowest BCUT2D eigenvalue weighted by Crippen LogP contribution is -2.32. The van der Waals surface area contributed by atoms with Gasteiger partial charge in [0.05, 0.1) is 0 Å². The molecule has 4 heteroatoms. The normalized spacial score (nSPS) is 20.9. The van der Waals surface area contributed by atoms with E-state index in [1.807, 2.05) is 18.2 Å². The molecule has 0 radical (unpaired) electrons. The molecule has 0 bridgehead atoms. The van der Waals surface area contributed by atoms with Crippen LogP contribution in [0.25, 0.3) is 10.9 Å². The van der Waals surface area contributed by atoms with E-state index < -0.39 is 0 Å². The Morgan fingerprint density at radius 2 is 2.33 bits per heavy atom. The van der Waals surface area contributed by atoms with Crippen molar-refractivity contribution < 1.29 is 4.74 Å². The minimum Gasteiger partial charge on any atom is -0.366 e. The number of rotatable bonds is 2. The monoisotopic (exact) mass is 264 g/mol. The summed E-state index contributed by atoms with van der Waals surface area (Å²) >= 11 is 6.10. The molecule has 1 aromatic heterocycles. The second-order valence-electron chi connectivity index (χ2n) is 4.91. The molecule has 1 heterocycles. The number of aromatic amines is 1. The molecule has 0 spiro atoms. The molecule has 0 fully saturated rings. The second-order valence-corrected chi connectivity index (χ2v) is 5.34. The lowest BCUT2D eigenvalue weighted by molar-refractivity contribution is 0.0790. The Hall–Kier alpha value is -1.03. The summed E-state index contributed by atoms with van der Waals surface area (Å²) in [4.78, 5) is 3.48. The second kappa shape index (κ2) is 4.57. The number of H-pyrrole nitrogens is 1. The van der Waals surface area contributed by atoms with Crippen LogP contribution in [0.3, 0.4) is 0 Å². The summed E-state index contributed by atoms with van der Waals surface area (Å²) < 4.78 is 5.33. The van der Waals surface area contributed by atoms with Gasteiger partial charge in [-0.15, -0.1) is 0 Å². The maximum Gasteiger partial charge on any atom is 0.112 e. The Morgan fingerprint density at radius 1 is 1.50 bits per heavy atom. The van der Waals surface area contributed by atoms with Crippen LogP contribution >= 0.6 is 11.6 Å². The molecule has 3 nitrogen and oxygen atoms in total. The van der Waals surface area contributed by atoms with Crippen molar-refractivity contribution >= 4 is 22.5 Å². The minimum absolute atomic E-state index is 0.248. The number of hydrogen-bond donors (Lipinski definition) is 2. The number of benzene rings is 1. The predicted molar refractivity (Wildman–Crippen MR) is 74.0 cm³/mol. The molecule has 1 aliphatic rings. The van der Waals surface area contributed by atoms with Gasteiger partial charge in [0.25, 0.3) is 0 Å². The molecule has 0 saturated carbocycles. The van der Waals surface area contributed by atoms with Gasteiger partial charge in [0.15, 0.2) is 0 Å². The van der Waals surface area contributed by atoms with Gasteiger partial charge < -0.3 is 15.5 Å². The van der Waals surface area contributed by atoms with Crippen LogP contribution < -0.4 is 5.73 Å². The lowest BCUT2D eigenvalue weighted by atomic mass is 9.84. The van der Waals surface area contributed by atoms with Crippen molar-refractivity contribution in [1.82, 2.24) is 4.98 Å². The maximum atomic E-state index is 6.10. The van der Waals surface area contributed by atoms with Crippen LogP contribution in [0.4, 0.5) is 0 Å². The van der Waals surface area contributed by atoms with Gasteiger partial charge >= 0.3 is 0 Å². The third-order valence-electron chi connectivity index (χ3n) is 3.86. The molecule has 1 aliphatic carbocycles. The van der Waals surface area contributed by atoms with Gasteiger partial charge in [-0.3, -0.25) is 0 Å². The molecule has 1 aromatic carbocycles. The maximum absolute atomic E-state index is 6.10. The molecule has 3 rings (SSSR count). The Labute approximate surface area is 111 Å². The van der Waals surface area contributed by atoms with Crippen molar-refractivity contribution in [2.75, 3.05) is 7.11 Å². The van der Waals surface area contributed by atoms with Crippen molar-refractivity contribution in [3.8, 4) is 0 Å². The van der Waals surface area contributed by atoms with Crippen LogP contribution in [0.15, 0.2) is 18.2 Å². The molecular weight excluding hydrogens is 248 g/mol. The Bertz CT molecular complexity index is 578. The van der Waals surface area contributed by atoms with Crippen molar-refractivity contribution in [3.05, 3.63) is 34.5 Å². The third kappa shape index (κ3) is 1.83. The number of ether oxygens (including phenoxy) is 1. The van der Waals surface area contributed by atoms with Crippen LogP contribution in [-0.4, -0.2) is 18.3 Å². The first kappa shape index (κ1) is 12.0. The zero-order valence-corrected chi connectivity index (χ0v) is 11.1. The van der Waals surface area contributed by atoms with E-state index in [2.05, 4.69) is 4.98 Å². The van der Waals surface area contributed by atoms with Gasteiger partial charge in [-0.05, 0) is 43.0 Å². The largest absolute Gasteiger partial charge is 0.366 e. The first-order valence-corrected chi connectivity index (χ1v) is 6.67. The van der Waals surface area contributed by atoms with Crippen LogP contribution in [0.2, 0.25) is 5.02 Å². The van der Waals surface area contributed by atoms with E-state index in [9.17, 15) is 0 Å². The van der Waals surface area contributed by atoms with Gasteiger partial charge in [0.2, 0.25) is 0 Å². The molecule has 0 amide bonds.